The van der Waals surface area contributed by atoms with Gasteiger partial charge in [0.25, 0.3) is 0 Å². The van der Waals surface area contributed by atoms with Gasteiger partial charge in [0, 0.05) is 39.3 Å². The molecule has 40 heavy (non-hydrogen) atoms. The molecule has 216 valence electrons. The molecule has 2 saturated heterocycles. The van der Waals surface area contributed by atoms with Gasteiger partial charge >= 0.3 is 18.2 Å². The highest BCUT2D eigenvalue weighted by Gasteiger charge is 2.34. The maximum atomic E-state index is 12.3. The third kappa shape index (κ3) is 9.00. The van der Waals surface area contributed by atoms with Gasteiger partial charge in [-0.3, -0.25) is 9.59 Å². The fraction of sp³-hybridized carbons (Fsp3) is 0.467. The van der Waals surface area contributed by atoms with E-state index in [0.29, 0.717) is 39.1 Å². The molecule has 2 aliphatic heterocycles. The van der Waals surface area contributed by atoms with Crippen molar-refractivity contribution in [1.29, 1.82) is 0 Å². The van der Waals surface area contributed by atoms with Gasteiger partial charge in [0.2, 0.25) is 5.91 Å². The molecule has 2 aromatic carbocycles. The Hall–Kier alpha value is -4.08. The van der Waals surface area contributed by atoms with E-state index in [2.05, 4.69) is 0 Å². The first-order chi connectivity index (χ1) is 19.3. The van der Waals surface area contributed by atoms with Crippen LogP contribution < -0.4 is 0 Å². The summed E-state index contributed by atoms with van der Waals surface area (Å²) in [6, 6.07) is 19.0. The molecular weight excluding hydrogens is 514 g/mol. The molecule has 2 aliphatic rings. The minimum Gasteiger partial charge on any atom is -0.481 e. The molecule has 2 unspecified atom stereocenters. The summed E-state index contributed by atoms with van der Waals surface area (Å²) in [6.07, 6.45) is 0.437. The van der Waals surface area contributed by atoms with Crippen molar-refractivity contribution < 1.29 is 33.8 Å². The van der Waals surface area contributed by atoms with Crippen LogP contribution in [0.25, 0.3) is 0 Å². The highest BCUT2D eigenvalue weighted by Crippen LogP contribution is 2.20. The molecule has 2 atom stereocenters. The van der Waals surface area contributed by atoms with E-state index >= 15 is 0 Å². The van der Waals surface area contributed by atoms with E-state index in [4.69, 9.17) is 14.6 Å². The minimum atomic E-state index is -0.853. The summed E-state index contributed by atoms with van der Waals surface area (Å²) in [5.74, 6) is -1.27. The Morgan fingerprint density at radius 1 is 0.750 bits per heavy atom. The number of carbonyl (C=O) groups is 4. The molecule has 0 radical (unpaired) electrons. The Labute approximate surface area is 235 Å². The summed E-state index contributed by atoms with van der Waals surface area (Å²) in [6.45, 7) is 7.60. The van der Waals surface area contributed by atoms with Gasteiger partial charge in [0.05, 0.1) is 11.8 Å². The predicted molar refractivity (Wildman–Crippen MR) is 148 cm³/mol. The number of carbonyl (C=O) groups excluding carboxylic acids is 3. The first-order valence-electron chi connectivity index (χ1n) is 13.7. The molecular formula is C30H39N3O7. The topological polar surface area (TPSA) is 117 Å². The standard InChI is InChI=1S/C17H24N2O3.C13H15NO4/c1-3-18(4-2)16(20)15-10-11-19(12-15)17(21)22-13-14-8-6-5-7-9-14;15-12(16)11-6-7-14(8-11)13(17)18-9-10-4-2-1-3-5-10/h5-9,15H,3-4,10-13H2,1-2H3;1-5,11H,6-9H2,(H,15,16). The average molecular weight is 554 g/mol. The van der Waals surface area contributed by atoms with E-state index in [-0.39, 0.29) is 37.7 Å². The molecule has 0 aromatic heterocycles. The highest BCUT2D eigenvalue weighted by atomic mass is 16.6. The van der Waals surface area contributed by atoms with Crippen molar-refractivity contribution in [3.8, 4) is 0 Å². The summed E-state index contributed by atoms with van der Waals surface area (Å²) in [5.41, 5.74) is 1.88. The molecule has 10 heteroatoms. The summed E-state index contributed by atoms with van der Waals surface area (Å²) in [7, 11) is 0. The zero-order valence-corrected chi connectivity index (χ0v) is 23.2. The zero-order chi connectivity index (χ0) is 28.9. The van der Waals surface area contributed by atoms with Crippen molar-refractivity contribution in [3.63, 3.8) is 0 Å². The second-order valence-electron chi connectivity index (χ2n) is 9.79. The van der Waals surface area contributed by atoms with Gasteiger partial charge in [0.1, 0.15) is 13.2 Å². The minimum absolute atomic E-state index is 0.0934. The lowest BCUT2D eigenvalue weighted by molar-refractivity contribution is -0.141. The van der Waals surface area contributed by atoms with Gasteiger partial charge in [0.15, 0.2) is 0 Å². The van der Waals surface area contributed by atoms with Gasteiger partial charge in [-0.1, -0.05) is 60.7 Å². The summed E-state index contributed by atoms with van der Waals surface area (Å²) in [5, 5.41) is 8.84. The van der Waals surface area contributed by atoms with Crippen LogP contribution in [0.3, 0.4) is 0 Å². The Bertz CT molecular complexity index is 1110. The van der Waals surface area contributed by atoms with Gasteiger partial charge in [-0.05, 0) is 37.8 Å². The number of ether oxygens (including phenoxy) is 2. The molecule has 1 N–H and O–H groups in total. The largest absolute Gasteiger partial charge is 0.481 e. The van der Waals surface area contributed by atoms with E-state index < -0.39 is 18.0 Å². The lowest BCUT2D eigenvalue weighted by atomic mass is 10.1. The molecule has 0 bridgehead atoms. The second kappa shape index (κ2) is 15.5. The number of rotatable bonds is 8. The third-order valence-corrected chi connectivity index (χ3v) is 7.08. The maximum Gasteiger partial charge on any atom is 0.410 e. The van der Waals surface area contributed by atoms with Crippen LogP contribution in [-0.2, 0) is 32.3 Å². The summed E-state index contributed by atoms with van der Waals surface area (Å²) in [4.78, 5) is 51.7. The van der Waals surface area contributed by atoms with Crippen LogP contribution in [-0.4, -0.2) is 83.1 Å². The number of amides is 3. The van der Waals surface area contributed by atoms with Crippen molar-refractivity contribution in [2.75, 3.05) is 39.3 Å². The van der Waals surface area contributed by atoms with Gasteiger partial charge in [-0.2, -0.15) is 0 Å². The zero-order valence-electron chi connectivity index (χ0n) is 23.2. The SMILES string of the molecule is CCN(CC)C(=O)C1CCN(C(=O)OCc2ccccc2)C1.O=C(O)C1CCN(C(=O)OCc2ccccc2)C1. The maximum absolute atomic E-state index is 12.3. The third-order valence-electron chi connectivity index (χ3n) is 7.08. The first kappa shape index (κ1) is 30.5. The smallest absolute Gasteiger partial charge is 0.410 e. The molecule has 0 aliphatic carbocycles. The fourth-order valence-corrected chi connectivity index (χ4v) is 4.67. The van der Waals surface area contributed by atoms with Crippen LogP contribution in [0.4, 0.5) is 9.59 Å². The van der Waals surface area contributed by atoms with Crippen molar-refractivity contribution >= 4 is 24.1 Å². The number of likely N-dealkylation sites (tertiary alicyclic amines) is 2. The van der Waals surface area contributed by atoms with Crippen LogP contribution in [0.1, 0.15) is 37.8 Å². The van der Waals surface area contributed by atoms with E-state index in [1.807, 2.05) is 79.4 Å². The number of aliphatic carboxylic acids is 1. The Morgan fingerprint density at radius 3 is 1.57 bits per heavy atom. The number of hydrogen-bond acceptors (Lipinski definition) is 6. The number of hydrogen-bond donors (Lipinski definition) is 1. The molecule has 10 nitrogen and oxygen atoms in total. The van der Waals surface area contributed by atoms with Crippen molar-refractivity contribution in [2.24, 2.45) is 11.8 Å². The van der Waals surface area contributed by atoms with E-state index in [1.54, 1.807) is 4.90 Å². The molecule has 2 heterocycles. The lowest BCUT2D eigenvalue weighted by Gasteiger charge is -2.22. The molecule has 2 fully saturated rings. The highest BCUT2D eigenvalue weighted by molar-refractivity contribution is 5.80. The van der Waals surface area contributed by atoms with Crippen LogP contribution >= 0.6 is 0 Å². The number of carboxylic acid groups (broad SMARTS) is 1. The van der Waals surface area contributed by atoms with E-state index in [0.717, 1.165) is 17.5 Å². The van der Waals surface area contributed by atoms with E-state index in [9.17, 15) is 19.2 Å². The Morgan fingerprint density at radius 2 is 1.18 bits per heavy atom. The summed E-state index contributed by atoms with van der Waals surface area (Å²) < 4.78 is 10.4. The molecule has 3 amide bonds. The van der Waals surface area contributed by atoms with Crippen LogP contribution in [0.2, 0.25) is 0 Å². The van der Waals surface area contributed by atoms with E-state index in [1.165, 1.54) is 4.90 Å². The molecule has 0 saturated carbocycles. The predicted octanol–water partition coefficient (Wildman–Crippen LogP) is 4.24. The number of nitrogens with zero attached hydrogens (tertiary/aromatic N) is 3. The van der Waals surface area contributed by atoms with Crippen molar-refractivity contribution in [2.45, 2.75) is 39.9 Å². The molecule has 0 spiro atoms. The fourth-order valence-electron chi connectivity index (χ4n) is 4.67. The Kier molecular flexibility index (Phi) is 11.8. The van der Waals surface area contributed by atoms with Crippen LogP contribution in [0, 0.1) is 11.8 Å². The quantitative estimate of drug-likeness (QED) is 0.520. The summed E-state index contributed by atoms with van der Waals surface area (Å²) >= 11 is 0. The van der Waals surface area contributed by atoms with Crippen LogP contribution in [0.5, 0.6) is 0 Å². The van der Waals surface area contributed by atoms with Gasteiger partial charge < -0.3 is 29.3 Å². The number of benzene rings is 2. The molecule has 4 rings (SSSR count). The second-order valence-corrected chi connectivity index (χ2v) is 9.79. The lowest BCUT2D eigenvalue weighted by Crippen LogP contribution is -2.38. The van der Waals surface area contributed by atoms with Crippen molar-refractivity contribution in [3.05, 3.63) is 71.8 Å². The first-order valence-corrected chi connectivity index (χ1v) is 13.7. The number of carboxylic acids is 1. The van der Waals surface area contributed by atoms with Gasteiger partial charge in [-0.15, -0.1) is 0 Å². The molecule has 2 aromatic rings. The monoisotopic (exact) mass is 553 g/mol. The van der Waals surface area contributed by atoms with Gasteiger partial charge in [-0.25, -0.2) is 9.59 Å². The average Bonchev–Trinajstić information content (AvgIpc) is 3.68. The van der Waals surface area contributed by atoms with Crippen LogP contribution in [0.15, 0.2) is 60.7 Å². The van der Waals surface area contributed by atoms with Crippen molar-refractivity contribution in [1.82, 2.24) is 14.7 Å². The normalized spacial score (nSPS) is 17.9. The Balaban J connectivity index is 0.000000225.